The van der Waals surface area contributed by atoms with Gasteiger partial charge in [-0.2, -0.15) is 0 Å². The summed E-state index contributed by atoms with van der Waals surface area (Å²) in [5.74, 6) is -0.522. The van der Waals surface area contributed by atoms with Crippen LogP contribution in [0.25, 0.3) is 0 Å². The van der Waals surface area contributed by atoms with Crippen LogP contribution in [0.4, 0.5) is 0 Å². The molecule has 1 fully saturated rings. The van der Waals surface area contributed by atoms with Crippen LogP contribution in [0.3, 0.4) is 0 Å². The minimum absolute atomic E-state index is 0.0342. The number of hydrogen-bond donors (Lipinski definition) is 1. The second-order valence-corrected chi connectivity index (χ2v) is 4.54. The van der Waals surface area contributed by atoms with E-state index in [1.807, 2.05) is 0 Å². The lowest BCUT2D eigenvalue weighted by atomic mass is 9.85. The number of ether oxygens (including phenoxy) is 1. The Morgan fingerprint density at radius 1 is 1.53 bits per heavy atom. The molecule has 94 valence electrons. The molecule has 1 saturated carbocycles. The Kier molecular flexibility index (Phi) is 3.42. The first-order valence-corrected chi connectivity index (χ1v) is 5.83. The molecule has 1 aromatic heterocycles. The highest BCUT2D eigenvalue weighted by Crippen LogP contribution is 2.29. The van der Waals surface area contributed by atoms with E-state index >= 15 is 0 Å². The molecule has 2 rings (SSSR count). The van der Waals surface area contributed by atoms with Gasteiger partial charge in [-0.1, -0.05) is 19.3 Å². The van der Waals surface area contributed by atoms with Crippen LogP contribution < -0.4 is 0 Å². The number of aromatic nitrogens is 3. The topological polar surface area (TPSA) is 77.2 Å². The first-order chi connectivity index (χ1) is 8.13. The number of nitrogens with zero attached hydrogens (tertiary/aromatic N) is 3. The van der Waals surface area contributed by atoms with Crippen molar-refractivity contribution >= 4 is 5.97 Å². The molecule has 0 atom stereocenters. The minimum atomic E-state index is -0.709. The van der Waals surface area contributed by atoms with Gasteiger partial charge in [-0.25, -0.2) is 14.5 Å². The number of aliphatic hydroxyl groups is 1. The van der Waals surface area contributed by atoms with Gasteiger partial charge in [-0.15, -0.1) is 5.10 Å². The summed E-state index contributed by atoms with van der Waals surface area (Å²) in [5.41, 5.74) is -0.709. The maximum atomic E-state index is 11.2. The van der Waals surface area contributed by atoms with Crippen molar-refractivity contribution in [3.8, 4) is 0 Å². The van der Waals surface area contributed by atoms with Crippen LogP contribution >= 0.6 is 0 Å². The molecular weight excluding hydrogens is 222 g/mol. The highest BCUT2D eigenvalue weighted by molar-refractivity contribution is 5.84. The third-order valence-corrected chi connectivity index (χ3v) is 3.15. The quantitative estimate of drug-likeness (QED) is 0.788. The number of carbonyl (C=O) groups excluding carboxylic acids is 1. The van der Waals surface area contributed by atoms with Gasteiger partial charge in [0.15, 0.2) is 0 Å². The number of methoxy groups -OCH3 is 1. The molecule has 0 bridgehead atoms. The van der Waals surface area contributed by atoms with E-state index in [0.29, 0.717) is 6.54 Å². The van der Waals surface area contributed by atoms with E-state index in [2.05, 4.69) is 14.8 Å². The third-order valence-electron chi connectivity index (χ3n) is 3.15. The van der Waals surface area contributed by atoms with Gasteiger partial charge in [0.2, 0.25) is 0 Å². The summed E-state index contributed by atoms with van der Waals surface area (Å²) in [6, 6.07) is 0. The van der Waals surface area contributed by atoms with E-state index in [0.717, 1.165) is 25.7 Å². The molecule has 0 spiro atoms. The molecule has 1 N–H and O–H groups in total. The summed E-state index contributed by atoms with van der Waals surface area (Å²) in [4.78, 5) is 15.0. The van der Waals surface area contributed by atoms with Crippen LogP contribution in [0, 0.1) is 0 Å². The number of esters is 1. The smallest absolute Gasteiger partial charge is 0.377 e. The Hall–Kier alpha value is -1.43. The first-order valence-electron chi connectivity index (χ1n) is 5.83. The molecule has 1 aromatic rings. The molecule has 0 saturated heterocycles. The molecular formula is C11H17N3O3. The van der Waals surface area contributed by atoms with E-state index in [9.17, 15) is 9.90 Å². The van der Waals surface area contributed by atoms with Crippen LogP contribution in [-0.4, -0.2) is 38.6 Å². The number of rotatable bonds is 3. The zero-order valence-corrected chi connectivity index (χ0v) is 9.93. The number of hydrogen-bond acceptors (Lipinski definition) is 5. The highest BCUT2D eigenvalue weighted by Gasteiger charge is 2.30. The lowest BCUT2D eigenvalue weighted by Crippen LogP contribution is -2.36. The van der Waals surface area contributed by atoms with Gasteiger partial charge in [0.25, 0.3) is 5.82 Å². The fourth-order valence-corrected chi connectivity index (χ4v) is 2.23. The van der Waals surface area contributed by atoms with Crippen molar-refractivity contribution in [2.24, 2.45) is 0 Å². The molecule has 0 aromatic carbocycles. The Labute approximate surface area is 99.6 Å². The van der Waals surface area contributed by atoms with E-state index < -0.39 is 11.6 Å². The largest absolute Gasteiger partial charge is 0.463 e. The SMILES string of the molecule is COC(=O)c1ncn(CC2(O)CCCCC2)n1. The van der Waals surface area contributed by atoms with Crippen molar-refractivity contribution < 1.29 is 14.6 Å². The van der Waals surface area contributed by atoms with Gasteiger partial charge < -0.3 is 9.84 Å². The van der Waals surface area contributed by atoms with E-state index in [1.54, 1.807) is 0 Å². The molecule has 0 unspecified atom stereocenters. The summed E-state index contributed by atoms with van der Waals surface area (Å²) < 4.78 is 6.04. The van der Waals surface area contributed by atoms with E-state index in [1.165, 1.54) is 24.5 Å². The summed E-state index contributed by atoms with van der Waals surface area (Å²) in [7, 11) is 1.29. The van der Waals surface area contributed by atoms with Gasteiger partial charge >= 0.3 is 5.97 Å². The average molecular weight is 239 g/mol. The normalized spacial score (nSPS) is 18.9. The Bertz CT molecular complexity index is 396. The van der Waals surface area contributed by atoms with Crippen molar-refractivity contribution in [1.29, 1.82) is 0 Å². The predicted octanol–water partition coefficient (Wildman–Crippen LogP) is 0.760. The summed E-state index contributed by atoms with van der Waals surface area (Å²) in [5, 5.41) is 14.3. The van der Waals surface area contributed by atoms with E-state index in [4.69, 9.17) is 0 Å². The number of carbonyl (C=O) groups is 1. The zero-order valence-electron chi connectivity index (χ0n) is 9.93. The Balaban J connectivity index is 2.03. The van der Waals surface area contributed by atoms with Crippen LogP contribution in [-0.2, 0) is 11.3 Å². The third kappa shape index (κ3) is 2.82. The van der Waals surface area contributed by atoms with Crippen LogP contribution in [0.2, 0.25) is 0 Å². The van der Waals surface area contributed by atoms with Gasteiger partial charge in [-0.3, -0.25) is 0 Å². The maximum Gasteiger partial charge on any atom is 0.377 e. The average Bonchev–Trinajstić information content (AvgIpc) is 2.76. The molecule has 6 nitrogen and oxygen atoms in total. The standard InChI is InChI=1S/C11H17N3O3/c1-17-10(15)9-12-8-14(13-9)7-11(16)5-3-2-4-6-11/h8,16H,2-7H2,1H3. The van der Waals surface area contributed by atoms with Gasteiger partial charge in [0.05, 0.1) is 19.3 Å². The van der Waals surface area contributed by atoms with Crippen LogP contribution in [0.15, 0.2) is 6.33 Å². The maximum absolute atomic E-state index is 11.2. The van der Waals surface area contributed by atoms with Crippen molar-refractivity contribution in [2.45, 2.75) is 44.2 Å². The minimum Gasteiger partial charge on any atom is -0.463 e. The zero-order chi connectivity index (χ0) is 12.3. The predicted molar refractivity (Wildman–Crippen MR) is 59.4 cm³/mol. The lowest BCUT2D eigenvalue weighted by molar-refractivity contribution is -0.0145. The highest BCUT2D eigenvalue weighted by atomic mass is 16.5. The van der Waals surface area contributed by atoms with Crippen molar-refractivity contribution in [1.82, 2.24) is 14.8 Å². The van der Waals surface area contributed by atoms with Crippen molar-refractivity contribution in [2.75, 3.05) is 7.11 Å². The molecule has 1 aliphatic carbocycles. The van der Waals surface area contributed by atoms with Crippen molar-refractivity contribution in [3.63, 3.8) is 0 Å². The molecule has 0 aliphatic heterocycles. The molecule has 17 heavy (non-hydrogen) atoms. The van der Waals surface area contributed by atoms with Crippen molar-refractivity contribution in [3.05, 3.63) is 12.2 Å². The lowest BCUT2D eigenvalue weighted by Gasteiger charge is -2.31. The summed E-state index contributed by atoms with van der Waals surface area (Å²) in [6.07, 6.45) is 6.26. The molecule has 1 aliphatic rings. The monoisotopic (exact) mass is 239 g/mol. The summed E-state index contributed by atoms with van der Waals surface area (Å²) >= 11 is 0. The second-order valence-electron chi connectivity index (χ2n) is 4.54. The molecule has 1 heterocycles. The van der Waals surface area contributed by atoms with Crippen LogP contribution in [0.1, 0.15) is 42.7 Å². The molecule has 6 heteroatoms. The van der Waals surface area contributed by atoms with Gasteiger partial charge in [0.1, 0.15) is 6.33 Å². The van der Waals surface area contributed by atoms with Gasteiger partial charge in [-0.05, 0) is 12.8 Å². The fraction of sp³-hybridized carbons (Fsp3) is 0.727. The Morgan fingerprint density at radius 3 is 2.88 bits per heavy atom. The first kappa shape index (κ1) is 12.0. The molecule has 0 amide bonds. The van der Waals surface area contributed by atoms with Gasteiger partial charge in [0, 0.05) is 0 Å². The fourth-order valence-electron chi connectivity index (χ4n) is 2.23. The van der Waals surface area contributed by atoms with E-state index in [-0.39, 0.29) is 5.82 Å². The second kappa shape index (κ2) is 4.83. The van der Waals surface area contributed by atoms with Crippen LogP contribution in [0.5, 0.6) is 0 Å². The summed E-state index contributed by atoms with van der Waals surface area (Å²) in [6.45, 7) is 0.386. The molecule has 0 radical (unpaired) electrons. The Morgan fingerprint density at radius 2 is 2.24 bits per heavy atom.